The van der Waals surface area contributed by atoms with Crippen molar-refractivity contribution in [3.05, 3.63) is 31.6 Å². The van der Waals surface area contributed by atoms with Crippen LogP contribution in [-0.4, -0.2) is 9.55 Å². The normalized spacial score (nSPS) is 12.8. The lowest BCUT2D eigenvalue weighted by atomic mass is 10.1. The predicted octanol–water partition coefficient (Wildman–Crippen LogP) is 1.80. The van der Waals surface area contributed by atoms with Crippen molar-refractivity contribution >= 4 is 11.6 Å². The lowest BCUT2D eigenvalue weighted by Gasteiger charge is -2.11. The van der Waals surface area contributed by atoms with Gasteiger partial charge in [0.2, 0.25) is 0 Å². The lowest BCUT2D eigenvalue weighted by molar-refractivity contribution is 0.444. The van der Waals surface area contributed by atoms with E-state index in [0.29, 0.717) is 24.4 Å². The van der Waals surface area contributed by atoms with Crippen molar-refractivity contribution in [3.8, 4) is 0 Å². The summed E-state index contributed by atoms with van der Waals surface area (Å²) in [4.78, 5) is 26.1. The Bertz CT molecular complexity index is 476. The van der Waals surface area contributed by atoms with Crippen LogP contribution in [0.25, 0.3) is 0 Å². The molecule has 1 rings (SSSR count). The number of H-pyrrole nitrogens is 1. The molecule has 0 bridgehead atoms. The van der Waals surface area contributed by atoms with E-state index >= 15 is 0 Å². The van der Waals surface area contributed by atoms with Gasteiger partial charge in [-0.25, -0.2) is 4.79 Å². The van der Waals surface area contributed by atoms with Gasteiger partial charge in [0, 0.05) is 6.54 Å². The quantitative estimate of drug-likeness (QED) is 0.822. The van der Waals surface area contributed by atoms with E-state index in [1.807, 2.05) is 20.8 Å². The zero-order chi connectivity index (χ0) is 12.3. The van der Waals surface area contributed by atoms with Crippen LogP contribution in [0.15, 0.2) is 9.59 Å². The Morgan fingerprint density at radius 2 is 2.00 bits per heavy atom. The number of nitrogens with one attached hydrogen (secondary N) is 1. The third-order valence-electron chi connectivity index (χ3n) is 2.77. The Morgan fingerprint density at radius 1 is 1.38 bits per heavy atom. The van der Waals surface area contributed by atoms with Crippen LogP contribution in [-0.2, 0) is 13.0 Å². The van der Waals surface area contributed by atoms with E-state index in [9.17, 15) is 9.59 Å². The summed E-state index contributed by atoms with van der Waals surface area (Å²) < 4.78 is 1.23. The summed E-state index contributed by atoms with van der Waals surface area (Å²) in [6.07, 6.45) is 1.45. The standard InChI is InChI=1S/C11H17ClN2O2/c1-4-7(3)6-14-10(15)8(5-2)9(12)13-11(14)16/h7H,4-6H2,1-3H3,(H,13,16). The van der Waals surface area contributed by atoms with E-state index in [1.165, 1.54) is 4.57 Å². The fourth-order valence-corrected chi connectivity index (χ4v) is 1.79. The largest absolute Gasteiger partial charge is 0.329 e. The van der Waals surface area contributed by atoms with Crippen molar-refractivity contribution in [1.82, 2.24) is 9.55 Å². The SMILES string of the molecule is CCc1c(Cl)[nH]c(=O)n(CC(C)CC)c1=O. The second kappa shape index (κ2) is 5.34. The topological polar surface area (TPSA) is 54.9 Å². The van der Waals surface area contributed by atoms with E-state index in [4.69, 9.17) is 11.6 Å². The highest BCUT2D eigenvalue weighted by molar-refractivity contribution is 6.30. The van der Waals surface area contributed by atoms with Gasteiger partial charge in [-0.1, -0.05) is 38.8 Å². The van der Waals surface area contributed by atoms with E-state index in [-0.39, 0.29) is 10.7 Å². The van der Waals surface area contributed by atoms with Crippen LogP contribution in [0.1, 0.15) is 32.8 Å². The molecule has 0 fully saturated rings. The first-order chi connectivity index (χ1) is 7.51. The summed E-state index contributed by atoms with van der Waals surface area (Å²) in [5.41, 5.74) is -0.214. The Kier molecular flexibility index (Phi) is 4.35. The molecule has 90 valence electrons. The van der Waals surface area contributed by atoms with Crippen molar-refractivity contribution in [2.75, 3.05) is 0 Å². The molecule has 0 saturated carbocycles. The van der Waals surface area contributed by atoms with Crippen molar-refractivity contribution < 1.29 is 0 Å². The molecule has 0 aliphatic rings. The van der Waals surface area contributed by atoms with Gasteiger partial charge in [-0.05, 0) is 12.3 Å². The van der Waals surface area contributed by atoms with Crippen LogP contribution >= 0.6 is 11.6 Å². The van der Waals surface area contributed by atoms with Gasteiger partial charge in [0.25, 0.3) is 5.56 Å². The van der Waals surface area contributed by atoms with Crippen molar-refractivity contribution in [3.63, 3.8) is 0 Å². The zero-order valence-corrected chi connectivity index (χ0v) is 10.6. The number of aromatic nitrogens is 2. The van der Waals surface area contributed by atoms with Crippen LogP contribution < -0.4 is 11.2 Å². The maximum absolute atomic E-state index is 12.0. The number of hydrogen-bond acceptors (Lipinski definition) is 2. The van der Waals surface area contributed by atoms with Gasteiger partial charge in [-0.3, -0.25) is 14.3 Å². The fourth-order valence-electron chi connectivity index (χ4n) is 1.50. The Hall–Kier alpha value is -1.03. The number of hydrogen-bond donors (Lipinski definition) is 1. The molecule has 1 heterocycles. The van der Waals surface area contributed by atoms with Crippen LogP contribution in [0, 0.1) is 5.92 Å². The van der Waals surface area contributed by atoms with Gasteiger partial charge in [-0.15, -0.1) is 0 Å². The Balaban J connectivity index is 3.29. The molecule has 0 saturated heterocycles. The van der Waals surface area contributed by atoms with Crippen LogP contribution in [0.5, 0.6) is 0 Å². The maximum Gasteiger partial charge on any atom is 0.329 e. The van der Waals surface area contributed by atoms with Crippen LogP contribution in [0.3, 0.4) is 0 Å². The smallest absolute Gasteiger partial charge is 0.297 e. The second-order valence-corrected chi connectivity index (χ2v) is 4.38. The van der Waals surface area contributed by atoms with Gasteiger partial charge in [0.15, 0.2) is 0 Å². The molecule has 1 unspecified atom stereocenters. The number of aromatic amines is 1. The van der Waals surface area contributed by atoms with Gasteiger partial charge in [0.05, 0.1) is 5.56 Å². The zero-order valence-electron chi connectivity index (χ0n) is 9.84. The van der Waals surface area contributed by atoms with Crippen molar-refractivity contribution in [2.45, 2.75) is 40.2 Å². The summed E-state index contributed by atoms with van der Waals surface area (Å²) in [6, 6.07) is 0. The minimum absolute atomic E-state index is 0.165. The summed E-state index contributed by atoms with van der Waals surface area (Å²) in [7, 11) is 0. The van der Waals surface area contributed by atoms with Crippen molar-refractivity contribution in [2.24, 2.45) is 5.92 Å². The fraction of sp³-hybridized carbons (Fsp3) is 0.636. The molecule has 5 heteroatoms. The van der Waals surface area contributed by atoms with Gasteiger partial charge in [0.1, 0.15) is 5.15 Å². The average Bonchev–Trinajstić information content (AvgIpc) is 2.24. The van der Waals surface area contributed by atoms with E-state index in [1.54, 1.807) is 0 Å². The summed E-state index contributed by atoms with van der Waals surface area (Å²) in [5.74, 6) is 0.296. The molecule has 1 N–H and O–H groups in total. The summed E-state index contributed by atoms with van der Waals surface area (Å²) in [6.45, 7) is 6.32. The molecule has 0 amide bonds. The van der Waals surface area contributed by atoms with Gasteiger partial charge in [-0.2, -0.15) is 0 Å². The molecule has 1 atom stereocenters. The molecular formula is C11H17ClN2O2. The van der Waals surface area contributed by atoms with Crippen LogP contribution in [0.2, 0.25) is 5.15 Å². The molecule has 0 aliphatic carbocycles. The number of nitrogens with zero attached hydrogens (tertiary/aromatic N) is 1. The average molecular weight is 245 g/mol. The molecular weight excluding hydrogens is 228 g/mol. The number of rotatable bonds is 4. The summed E-state index contributed by atoms with van der Waals surface area (Å²) >= 11 is 5.81. The van der Waals surface area contributed by atoms with E-state index < -0.39 is 5.69 Å². The lowest BCUT2D eigenvalue weighted by Crippen LogP contribution is -2.38. The highest BCUT2D eigenvalue weighted by atomic mass is 35.5. The van der Waals surface area contributed by atoms with Gasteiger partial charge >= 0.3 is 5.69 Å². The van der Waals surface area contributed by atoms with Crippen molar-refractivity contribution in [1.29, 1.82) is 0 Å². The molecule has 0 spiro atoms. The number of halogens is 1. The molecule has 0 aromatic carbocycles. The summed E-state index contributed by atoms with van der Waals surface area (Å²) in [5, 5.41) is 0.165. The molecule has 16 heavy (non-hydrogen) atoms. The maximum atomic E-state index is 12.0. The molecule has 1 aromatic rings. The third-order valence-corrected chi connectivity index (χ3v) is 3.10. The van der Waals surface area contributed by atoms with E-state index in [2.05, 4.69) is 4.98 Å². The monoisotopic (exact) mass is 244 g/mol. The molecule has 4 nitrogen and oxygen atoms in total. The van der Waals surface area contributed by atoms with E-state index in [0.717, 1.165) is 6.42 Å². The minimum Gasteiger partial charge on any atom is -0.297 e. The first-order valence-corrected chi connectivity index (χ1v) is 5.90. The van der Waals surface area contributed by atoms with Gasteiger partial charge < -0.3 is 0 Å². The molecule has 0 radical (unpaired) electrons. The van der Waals surface area contributed by atoms with Crippen LogP contribution in [0.4, 0.5) is 0 Å². The minimum atomic E-state index is -0.424. The third kappa shape index (κ3) is 2.55. The second-order valence-electron chi connectivity index (χ2n) is 4.01. The first kappa shape index (κ1) is 13.0. The first-order valence-electron chi connectivity index (χ1n) is 5.52. The predicted molar refractivity (Wildman–Crippen MR) is 65.2 cm³/mol. The Labute approximate surface area is 99.3 Å². The highest BCUT2D eigenvalue weighted by Crippen LogP contribution is 2.07. The molecule has 0 aliphatic heterocycles. The Morgan fingerprint density at radius 3 is 2.50 bits per heavy atom. The highest BCUT2D eigenvalue weighted by Gasteiger charge is 2.12. The molecule has 1 aromatic heterocycles.